The Morgan fingerprint density at radius 1 is 1.04 bits per heavy atom. The predicted molar refractivity (Wildman–Crippen MR) is 96.9 cm³/mol. The molecule has 0 atom stereocenters. The molecule has 1 fully saturated rings. The first-order valence-corrected chi connectivity index (χ1v) is 8.75. The SMILES string of the molecule is O=C(Nc1cccc(Cl)c1Cl)c1ccc(NC2CCCCC2)nn1. The van der Waals surface area contributed by atoms with E-state index < -0.39 is 0 Å². The van der Waals surface area contributed by atoms with Crippen LogP contribution in [0, 0.1) is 0 Å². The highest BCUT2D eigenvalue weighted by atomic mass is 35.5. The van der Waals surface area contributed by atoms with Gasteiger partial charge >= 0.3 is 0 Å². The Bertz CT molecular complexity index is 715. The van der Waals surface area contributed by atoms with E-state index in [4.69, 9.17) is 23.2 Å². The summed E-state index contributed by atoms with van der Waals surface area (Å²) >= 11 is 12.0. The van der Waals surface area contributed by atoms with E-state index in [-0.39, 0.29) is 11.6 Å². The predicted octanol–water partition coefficient (Wildman–Crippen LogP) is 4.78. The van der Waals surface area contributed by atoms with Gasteiger partial charge in [-0.05, 0) is 37.1 Å². The van der Waals surface area contributed by atoms with E-state index in [1.54, 1.807) is 30.3 Å². The van der Waals surface area contributed by atoms with Gasteiger partial charge in [0.05, 0.1) is 15.7 Å². The molecule has 1 saturated carbocycles. The van der Waals surface area contributed by atoms with Gasteiger partial charge in [-0.1, -0.05) is 48.5 Å². The summed E-state index contributed by atoms with van der Waals surface area (Å²) in [6, 6.07) is 8.91. The number of hydrogen-bond donors (Lipinski definition) is 2. The highest BCUT2D eigenvalue weighted by Crippen LogP contribution is 2.29. The minimum Gasteiger partial charge on any atom is -0.366 e. The maximum absolute atomic E-state index is 12.2. The molecule has 0 unspecified atom stereocenters. The van der Waals surface area contributed by atoms with Gasteiger partial charge in [-0.15, -0.1) is 10.2 Å². The van der Waals surface area contributed by atoms with Crippen molar-refractivity contribution in [2.75, 3.05) is 10.6 Å². The smallest absolute Gasteiger partial charge is 0.276 e. The summed E-state index contributed by atoms with van der Waals surface area (Å²) in [5.74, 6) is 0.315. The summed E-state index contributed by atoms with van der Waals surface area (Å²) in [6.45, 7) is 0. The second kappa shape index (κ2) is 7.81. The largest absolute Gasteiger partial charge is 0.366 e. The Balaban J connectivity index is 1.64. The summed E-state index contributed by atoms with van der Waals surface area (Å²) in [4.78, 5) is 12.2. The molecule has 24 heavy (non-hydrogen) atoms. The van der Waals surface area contributed by atoms with Gasteiger partial charge in [-0.2, -0.15) is 0 Å². The molecular weight excluding hydrogens is 347 g/mol. The molecule has 2 aromatic rings. The second-order valence-electron chi connectivity index (χ2n) is 5.84. The van der Waals surface area contributed by atoms with E-state index in [1.165, 1.54) is 19.3 Å². The molecule has 0 radical (unpaired) electrons. The van der Waals surface area contributed by atoms with Crippen LogP contribution in [0.5, 0.6) is 0 Å². The molecule has 0 saturated heterocycles. The zero-order chi connectivity index (χ0) is 16.9. The zero-order valence-electron chi connectivity index (χ0n) is 13.1. The Kier molecular flexibility index (Phi) is 5.53. The third kappa shape index (κ3) is 4.16. The lowest BCUT2D eigenvalue weighted by atomic mass is 9.95. The first-order chi connectivity index (χ1) is 11.6. The molecule has 3 rings (SSSR count). The molecule has 1 aliphatic carbocycles. The number of nitrogens with one attached hydrogen (secondary N) is 2. The van der Waals surface area contributed by atoms with Crippen LogP contribution in [0.25, 0.3) is 0 Å². The molecular formula is C17H18Cl2N4O. The maximum Gasteiger partial charge on any atom is 0.276 e. The third-order valence-electron chi connectivity index (χ3n) is 4.05. The van der Waals surface area contributed by atoms with Crippen LogP contribution in [-0.2, 0) is 0 Å². The summed E-state index contributed by atoms with van der Waals surface area (Å²) in [5, 5.41) is 14.8. The number of benzene rings is 1. The van der Waals surface area contributed by atoms with Crippen molar-refractivity contribution in [3.8, 4) is 0 Å². The Labute approximate surface area is 150 Å². The lowest BCUT2D eigenvalue weighted by molar-refractivity contribution is 0.102. The molecule has 7 heteroatoms. The van der Waals surface area contributed by atoms with Crippen molar-refractivity contribution in [1.29, 1.82) is 0 Å². The van der Waals surface area contributed by atoms with Crippen LogP contribution >= 0.6 is 23.2 Å². The second-order valence-corrected chi connectivity index (χ2v) is 6.62. The van der Waals surface area contributed by atoms with E-state index in [1.807, 2.05) is 0 Å². The van der Waals surface area contributed by atoms with Gasteiger partial charge in [0.25, 0.3) is 5.91 Å². The summed E-state index contributed by atoms with van der Waals surface area (Å²) < 4.78 is 0. The zero-order valence-corrected chi connectivity index (χ0v) is 14.6. The number of carbonyl (C=O) groups is 1. The van der Waals surface area contributed by atoms with Crippen LogP contribution in [0.4, 0.5) is 11.5 Å². The van der Waals surface area contributed by atoms with Crippen LogP contribution < -0.4 is 10.6 Å². The molecule has 0 aliphatic heterocycles. The van der Waals surface area contributed by atoms with Crippen molar-refractivity contribution in [2.24, 2.45) is 0 Å². The summed E-state index contributed by atoms with van der Waals surface area (Å²) in [5.41, 5.74) is 0.667. The summed E-state index contributed by atoms with van der Waals surface area (Å²) in [7, 11) is 0. The minimum atomic E-state index is -0.379. The fraction of sp³-hybridized carbons (Fsp3) is 0.353. The average molecular weight is 365 g/mol. The Morgan fingerprint density at radius 2 is 1.83 bits per heavy atom. The number of hydrogen-bond acceptors (Lipinski definition) is 4. The number of carbonyl (C=O) groups excluding carboxylic acids is 1. The number of anilines is 2. The number of rotatable bonds is 4. The maximum atomic E-state index is 12.2. The van der Waals surface area contributed by atoms with Crippen LogP contribution in [0.1, 0.15) is 42.6 Å². The molecule has 1 aromatic heterocycles. The van der Waals surface area contributed by atoms with Crippen LogP contribution in [-0.4, -0.2) is 22.1 Å². The summed E-state index contributed by atoms with van der Waals surface area (Å²) in [6.07, 6.45) is 6.08. The topological polar surface area (TPSA) is 66.9 Å². The highest BCUT2D eigenvalue weighted by molar-refractivity contribution is 6.44. The molecule has 5 nitrogen and oxygen atoms in total. The van der Waals surface area contributed by atoms with Gasteiger partial charge in [0, 0.05) is 6.04 Å². The van der Waals surface area contributed by atoms with Gasteiger partial charge in [0.2, 0.25) is 0 Å². The van der Waals surface area contributed by atoms with Crippen LogP contribution in [0.2, 0.25) is 10.0 Å². The molecule has 2 N–H and O–H groups in total. The van der Waals surface area contributed by atoms with E-state index in [2.05, 4.69) is 20.8 Å². The standard InChI is InChI=1S/C17H18Cl2N4O/c18-12-7-4-8-13(16(12)19)21-17(24)14-9-10-15(23-22-14)20-11-5-2-1-3-6-11/h4,7-11H,1-3,5-6H2,(H,20,23)(H,21,24). The van der Waals surface area contributed by atoms with Crippen molar-refractivity contribution in [3.05, 3.63) is 46.1 Å². The number of halogens is 2. The quantitative estimate of drug-likeness (QED) is 0.818. The third-order valence-corrected chi connectivity index (χ3v) is 4.87. The molecule has 1 aromatic carbocycles. The van der Waals surface area contributed by atoms with Crippen LogP contribution in [0.3, 0.4) is 0 Å². The highest BCUT2D eigenvalue weighted by Gasteiger charge is 2.15. The molecule has 1 aliphatic rings. The van der Waals surface area contributed by atoms with Crippen molar-refractivity contribution in [3.63, 3.8) is 0 Å². The molecule has 0 bridgehead atoms. The van der Waals surface area contributed by atoms with Crippen molar-refractivity contribution in [1.82, 2.24) is 10.2 Å². The number of amides is 1. The van der Waals surface area contributed by atoms with Gasteiger partial charge in [0.15, 0.2) is 5.69 Å². The van der Waals surface area contributed by atoms with Gasteiger partial charge in [-0.3, -0.25) is 4.79 Å². The molecule has 1 amide bonds. The normalized spacial score (nSPS) is 15.1. The van der Waals surface area contributed by atoms with Gasteiger partial charge < -0.3 is 10.6 Å². The van der Waals surface area contributed by atoms with E-state index in [0.717, 1.165) is 12.8 Å². The first kappa shape index (κ1) is 17.0. The molecule has 0 spiro atoms. The minimum absolute atomic E-state index is 0.222. The first-order valence-electron chi connectivity index (χ1n) is 7.99. The van der Waals surface area contributed by atoms with Gasteiger partial charge in [-0.25, -0.2) is 0 Å². The lowest BCUT2D eigenvalue weighted by Crippen LogP contribution is -2.23. The van der Waals surface area contributed by atoms with Crippen molar-refractivity contribution >= 4 is 40.6 Å². The molecule has 126 valence electrons. The average Bonchev–Trinajstić information content (AvgIpc) is 2.60. The molecule has 1 heterocycles. The fourth-order valence-electron chi connectivity index (χ4n) is 2.77. The number of nitrogens with zero attached hydrogens (tertiary/aromatic N) is 2. The van der Waals surface area contributed by atoms with E-state index in [9.17, 15) is 4.79 Å². The van der Waals surface area contributed by atoms with E-state index >= 15 is 0 Å². The van der Waals surface area contributed by atoms with Crippen LogP contribution in [0.15, 0.2) is 30.3 Å². The Hall–Kier alpha value is -1.85. The monoisotopic (exact) mass is 364 g/mol. The van der Waals surface area contributed by atoms with E-state index in [0.29, 0.717) is 27.6 Å². The van der Waals surface area contributed by atoms with Crippen molar-refractivity contribution < 1.29 is 4.79 Å². The van der Waals surface area contributed by atoms with Gasteiger partial charge in [0.1, 0.15) is 5.82 Å². The Morgan fingerprint density at radius 3 is 2.54 bits per heavy atom. The number of aromatic nitrogens is 2. The fourth-order valence-corrected chi connectivity index (χ4v) is 3.12. The lowest BCUT2D eigenvalue weighted by Gasteiger charge is -2.22. The van der Waals surface area contributed by atoms with Crippen molar-refractivity contribution in [2.45, 2.75) is 38.1 Å².